The van der Waals surface area contributed by atoms with Gasteiger partial charge in [-0.3, -0.25) is 9.13 Å². The number of methoxy groups -OCH3 is 1. The van der Waals surface area contributed by atoms with Crippen molar-refractivity contribution in [3.63, 3.8) is 0 Å². The van der Waals surface area contributed by atoms with Crippen molar-refractivity contribution in [2.75, 3.05) is 25.1 Å². The minimum atomic E-state index is -4.70. The third-order valence-electron chi connectivity index (χ3n) is 6.58. The van der Waals surface area contributed by atoms with E-state index in [1.54, 1.807) is 28.8 Å². The number of imidazole rings is 1. The van der Waals surface area contributed by atoms with E-state index in [9.17, 15) is 22.4 Å². The van der Waals surface area contributed by atoms with Gasteiger partial charge in [-0.25, -0.2) is 19.2 Å². The fourth-order valence-electron chi connectivity index (χ4n) is 5.05. The maximum Gasteiger partial charge on any atom is 0.433 e. The van der Waals surface area contributed by atoms with Gasteiger partial charge in [0.05, 0.1) is 30.9 Å². The van der Waals surface area contributed by atoms with Crippen LogP contribution in [0.25, 0.3) is 11.0 Å². The van der Waals surface area contributed by atoms with Gasteiger partial charge in [-0.1, -0.05) is 18.2 Å². The molecule has 188 valence electrons. The second kappa shape index (κ2) is 8.96. The summed E-state index contributed by atoms with van der Waals surface area (Å²) in [5.74, 6) is 0.0180. The van der Waals surface area contributed by atoms with Crippen LogP contribution in [0.5, 0.6) is 5.75 Å². The van der Waals surface area contributed by atoms with Gasteiger partial charge in [0.2, 0.25) is 0 Å². The van der Waals surface area contributed by atoms with Gasteiger partial charge in [0.25, 0.3) is 0 Å². The Morgan fingerprint density at radius 1 is 1.17 bits per heavy atom. The molecule has 0 bridgehead atoms. The molecule has 0 radical (unpaired) electrons. The molecular formula is C25H23F4N5O2. The molecule has 1 fully saturated rings. The molecule has 1 atom stereocenters. The second-order valence-electron chi connectivity index (χ2n) is 8.75. The highest BCUT2D eigenvalue weighted by molar-refractivity contribution is 5.83. The molecule has 1 aliphatic rings. The Balaban J connectivity index is 1.61. The molecule has 11 heteroatoms. The predicted octanol–water partition coefficient (Wildman–Crippen LogP) is 4.57. The first-order valence-corrected chi connectivity index (χ1v) is 11.3. The van der Waals surface area contributed by atoms with Crippen molar-refractivity contribution >= 4 is 16.7 Å². The van der Waals surface area contributed by atoms with E-state index in [0.29, 0.717) is 42.0 Å². The average molecular weight is 501 g/mol. The van der Waals surface area contributed by atoms with Gasteiger partial charge >= 0.3 is 11.9 Å². The van der Waals surface area contributed by atoms with Crippen LogP contribution in [-0.2, 0) is 12.7 Å². The molecule has 3 heterocycles. The first-order chi connectivity index (χ1) is 17.2. The lowest BCUT2D eigenvalue weighted by atomic mass is 10.2. The Morgan fingerprint density at radius 3 is 2.67 bits per heavy atom. The second-order valence-corrected chi connectivity index (χ2v) is 8.75. The van der Waals surface area contributed by atoms with E-state index in [1.165, 1.54) is 17.7 Å². The molecule has 4 aromatic rings. The van der Waals surface area contributed by atoms with Crippen LogP contribution in [0.1, 0.15) is 29.3 Å². The summed E-state index contributed by atoms with van der Waals surface area (Å²) in [6, 6.07) is 9.67. The summed E-state index contributed by atoms with van der Waals surface area (Å²) in [4.78, 5) is 22.8. The molecule has 2 aromatic carbocycles. The number of fused-ring (bicyclic) bond motifs is 1. The lowest BCUT2D eigenvalue weighted by molar-refractivity contribution is -0.142. The molecule has 1 saturated heterocycles. The standard InChI is InChI=1S/C25H23F4N5O2/c1-15-5-3-6-18(26)21(15)32-10-9-17(13-32)34-19-7-4-8-20(36-2)22(19)33(24(34)35)12-16-11-30-14-31-23(16)25(27,28)29/h3-8,11,14,17H,9-10,12-13H2,1-2H3. The van der Waals surface area contributed by atoms with E-state index in [1.807, 2.05) is 17.9 Å². The van der Waals surface area contributed by atoms with Crippen LogP contribution in [-0.4, -0.2) is 39.3 Å². The van der Waals surface area contributed by atoms with Crippen molar-refractivity contribution in [2.24, 2.45) is 0 Å². The molecule has 5 rings (SSSR count). The number of aryl methyl sites for hydroxylation is 1. The van der Waals surface area contributed by atoms with Crippen molar-refractivity contribution in [3.05, 3.63) is 82.0 Å². The molecule has 0 amide bonds. The first-order valence-electron chi connectivity index (χ1n) is 11.3. The maximum absolute atomic E-state index is 14.6. The average Bonchev–Trinajstić information content (AvgIpc) is 3.41. The number of hydrogen-bond acceptors (Lipinski definition) is 5. The zero-order chi connectivity index (χ0) is 25.6. The molecule has 0 aliphatic carbocycles. The van der Waals surface area contributed by atoms with Crippen molar-refractivity contribution in [1.29, 1.82) is 0 Å². The van der Waals surface area contributed by atoms with Gasteiger partial charge in [-0.2, -0.15) is 13.2 Å². The molecule has 0 spiro atoms. The summed E-state index contributed by atoms with van der Waals surface area (Å²) < 4.78 is 63.7. The fourth-order valence-corrected chi connectivity index (χ4v) is 5.05. The quantitative estimate of drug-likeness (QED) is 0.375. The minimum Gasteiger partial charge on any atom is -0.494 e. The van der Waals surface area contributed by atoms with E-state index < -0.39 is 17.6 Å². The summed E-state index contributed by atoms with van der Waals surface area (Å²) in [5.41, 5.74) is 0.378. The van der Waals surface area contributed by atoms with Gasteiger partial charge in [-0.15, -0.1) is 0 Å². The molecule has 1 unspecified atom stereocenters. The van der Waals surface area contributed by atoms with Crippen LogP contribution in [0.4, 0.5) is 23.2 Å². The molecule has 7 nitrogen and oxygen atoms in total. The van der Waals surface area contributed by atoms with Crippen molar-refractivity contribution < 1.29 is 22.3 Å². The van der Waals surface area contributed by atoms with Crippen LogP contribution < -0.4 is 15.3 Å². The zero-order valence-electron chi connectivity index (χ0n) is 19.6. The van der Waals surface area contributed by atoms with Crippen molar-refractivity contribution in [2.45, 2.75) is 32.1 Å². The SMILES string of the molecule is COc1cccc2c1n(Cc1cncnc1C(F)(F)F)c(=O)n2C1CCN(c2c(C)cccc2F)C1. The number of para-hydroxylation sites is 2. The van der Waals surface area contributed by atoms with Crippen LogP contribution in [0, 0.1) is 12.7 Å². The number of alkyl halides is 3. The topological polar surface area (TPSA) is 65.2 Å². The maximum atomic E-state index is 14.6. The highest BCUT2D eigenvalue weighted by Crippen LogP contribution is 2.35. The summed E-state index contributed by atoms with van der Waals surface area (Å²) in [5, 5.41) is 0. The largest absolute Gasteiger partial charge is 0.494 e. The monoisotopic (exact) mass is 501 g/mol. The number of benzene rings is 2. The van der Waals surface area contributed by atoms with Gasteiger partial charge in [0.15, 0.2) is 5.69 Å². The minimum absolute atomic E-state index is 0.230. The molecule has 0 saturated carbocycles. The van der Waals surface area contributed by atoms with Crippen molar-refractivity contribution in [3.8, 4) is 5.75 Å². The molecular weight excluding hydrogens is 478 g/mol. The third-order valence-corrected chi connectivity index (χ3v) is 6.58. The number of halogens is 4. The fraction of sp³-hybridized carbons (Fsp3) is 0.320. The van der Waals surface area contributed by atoms with Crippen LogP contribution in [0.15, 0.2) is 53.7 Å². The van der Waals surface area contributed by atoms with Gasteiger partial charge in [0.1, 0.15) is 23.4 Å². The van der Waals surface area contributed by atoms with Crippen molar-refractivity contribution in [1.82, 2.24) is 19.1 Å². The Kier molecular flexibility index (Phi) is 5.93. The van der Waals surface area contributed by atoms with Gasteiger partial charge < -0.3 is 9.64 Å². The Labute approximate surface area is 203 Å². The Hall–Kier alpha value is -3.89. The van der Waals surface area contributed by atoms with E-state index in [2.05, 4.69) is 9.97 Å². The van der Waals surface area contributed by atoms with Gasteiger partial charge in [-0.05, 0) is 37.1 Å². The molecule has 0 N–H and O–H groups in total. The van der Waals surface area contributed by atoms with Gasteiger partial charge in [0, 0.05) is 24.8 Å². The van der Waals surface area contributed by atoms with Crippen LogP contribution >= 0.6 is 0 Å². The molecule has 36 heavy (non-hydrogen) atoms. The number of anilines is 1. The number of aromatic nitrogens is 4. The normalized spacial score (nSPS) is 16.2. The summed E-state index contributed by atoms with van der Waals surface area (Å²) in [6.45, 7) is 2.34. The molecule has 1 aliphatic heterocycles. The number of ether oxygens (including phenoxy) is 1. The van der Waals surface area contributed by atoms with Crippen LogP contribution in [0.3, 0.4) is 0 Å². The Bertz CT molecular complexity index is 1470. The number of nitrogens with zero attached hydrogens (tertiary/aromatic N) is 5. The number of hydrogen-bond donors (Lipinski definition) is 0. The summed E-state index contributed by atoms with van der Waals surface area (Å²) in [7, 11) is 1.44. The summed E-state index contributed by atoms with van der Waals surface area (Å²) >= 11 is 0. The van der Waals surface area contributed by atoms with E-state index >= 15 is 0 Å². The highest BCUT2D eigenvalue weighted by Gasteiger charge is 2.36. The molecule has 2 aromatic heterocycles. The lowest BCUT2D eigenvalue weighted by Crippen LogP contribution is -2.30. The first kappa shape index (κ1) is 23.8. The smallest absolute Gasteiger partial charge is 0.433 e. The number of rotatable bonds is 5. The third kappa shape index (κ3) is 3.98. The van der Waals surface area contributed by atoms with E-state index in [4.69, 9.17) is 4.74 Å². The predicted molar refractivity (Wildman–Crippen MR) is 126 cm³/mol. The van der Waals surface area contributed by atoms with Crippen LogP contribution in [0.2, 0.25) is 0 Å². The van der Waals surface area contributed by atoms with E-state index in [0.717, 1.165) is 18.1 Å². The highest BCUT2D eigenvalue weighted by atomic mass is 19.4. The Morgan fingerprint density at radius 2 is 1.94 bits per heavy atom. The van der Waals surface area contributed by atoms with E-state index in [-0.39, 0.29) is 24.0 Å². The zero-order valence-corrected chi connectivity index (χ0v) is 19.6. The lowest BCUT2D eigenvalue weighted by Gasteiger charge is -2.21. The summed E-state index contributed by atoms with van der Waals surface area (Å²) in [6.07, 6.45) is -2.24.